The summed E-state index contributed by atoms with van der Waals surface area (Å²) in [7, 11) is 0. The maximum atomic E-state index is 6.10. The fourth-order valence-corrected chi connectivity index (χ4v) is 2.69. The molecule has 0 aliphatic carbocycles. The summed E-state index contributed by atoms with van der Waals surface area (Å²) < 4.78 is 7.11. The molecule has 0 radical (unpaired) electrons. The molecule has 2 aromatic rings. The van der Waals surface area contributed by atoms with Crippen LogP contribution in [0.1, 0.15) is 24.2 Å². The van der Waals surface area contributed by atoms with Gasteiger partial charge in [-0.25, -0.2) is 0 Å². The van der Waals surface area contributed by atoms with Gasteiger partial charge in [0, 0.05) is 15.5 Å². The Morgan fingerprint density at radius 3 is 2.55 bits per heavy atom. The molecule has 0 bridgehead atoms. The zero-order valence-corrected chi connectivity index (χ0v) is 13.8. The summed E-state index contributed by atoms with van der Waals surface area (Å²) in [6, 6.07) is 13.5. The van der Waals surface area contributed by atoms with Gasteiger partial charge in [-0.15, -0.1) is 0 Å². The van der Waals surface area contributed by atoms with Crippen molar-refractivity contribution >= 4 is 27.5 Å². The molecule has 0 aliphatic heterocycles. The average molecular weight is 355 g/mol. The van der Waals surface area contributed by atoms with E-state index in [1.165, 1.54) is 0 Å². The van der Waals surface area contributed by atoms with Crippen LogP contribution in [-0.4, -0.2) is 6.04 Å². The summed E-state index contributed by atoms with van der Waals surface area (Å²) in [5, 5.41) is 0.703. The highest BCUT2D eigenvalue weighted by Gasteiger charge is 2.19. The van der Waals surface area contributed by atoms with E-state index in [0.717, 1.165) is 21.3 Å². The van der Waals surface area contributed by atoms with Crippen molar-refractivity contribution in [3.05, 3.63) is 63.1 Å². The van der Waals surface area contributed by atoms with Crippen LogP contribution in [0, 0.1) is 6.92 Å². The fourth-order valence-electron chi connectivity index (χ4n) is 2.04. The maximum Gasteiger partial charge on any atom is 0.139 e. The Balaban J connectivity index is 2.30. The van der Waals surface area contributed by atoms with Crippen molar-refractivity contribution in [3.8, 4) is 5.75 Å². The van der Waals surface area contributed by atoms with E-state index < -0.39 is 0 Å². The molecule has 0 heterocycles. The van der Waals surface area contributed by atoms with Crippen molar-refractivity contribution in [1.82, 2.24) is 0 Å². The molecule has 2 N–H and O–H groups in total. The van der Waals surface area contributed by atoms with Crippen molar-refractivity contribution < 1.29 is 4.74 Å². The van der Waals surface area contributed by atoms with Crippen LogP contribution in [0.4, 0.5) is 0 Å². The second kappa shape index (κ2) is 6.61. The first kappa shape index (κ1) is 15.4. The standard InChI is InChI=1S/C16H17BrClNO/c1-10-8-14(18)6-7-15(10)20-16(11(2)19)12-4-3-5-13(17)9-12/h3-9,11,16H,19H2,1-2H3. The van der Waals surface area contributed by atoms with Crippen LogP contribution in [0.25, 0.3) is 0 Å². The molecule has 2 unspecified atom stereocenters. The van der Waals surface area contributed by atoms with Crippen molar-refractivity contribution in [1.29, 1.82) is 0 Å². The SMILES string of the molecule is Cc1cc(Cl)ccc1OC(c1cccc(Br)c1)C(C)N. The molecule has 0 amide bonds. The van der Waals surface area contributed by atoms with Crippen LogP contribution >= 0.6 is 27.5 Å². The van der Waals surface area contributed by atoms with Gasteiger partial charge in [-0.1, -0.05) is 39.7 Å². The maximum absolute atomic E-state index is 6.10. The lowest BCUT2D eigenvalue weighted by Gasteiger charge is -2.24. The van der Waals surface area contributed by atoms with Crippen LogP contribution in [0.3, 0.4) is 0 Å². The van der Waals surface area contributed by atoms with E-state index in [-0.39, 0.29) is 12.1 Å². The van der Waals surface area contributed by atoms with Gasteiger partial charge in [-0.2, -0.15) is 0 Å². The number of hydrogen-bond acceptors (Lipinski definition) is 2. The van der Waals surface area contributed by atoms with Gasteiger partial charge < -0.3 is 10.5 Å². The van der Waals surface area contributed by atoms with Crippen LogP contribution in [0.2, 0.25) is 5.02 Å². The molecule has 2 rings (SSSR count). The minimum absolute atomic E-state index is 0.126. The highest BCUT2D eigenvalue weighted by Crippen LogP contribution is 2.29. The molecular weight excluding hydrogens is 338 g/mol. The summed E-state index contributed by atoms with van der Waals surface area (Å²) in [6.45, 7) is 3.91. The summed E-state index contributed by atoms with van der Waals surface area (Å²) in [6.07, 6.45) is -0.202. The highest BCUT2D eigenvalue weighted by molar-refractivity contribution is 9.10. The van der Waals surface area contributed by atoms with Crippen LogP contribution in [0.15, 0.2) is 46.9 Å². The molecule has 2 nitrogen and oxygen atoms in total. The van der Waals surface area contributed by atoms with E-state index in [4.69, 9.17) is 22.1 Å². The van der Waals surface area contributed by atoms with Gasteiger partial charge in [0.05, 0.1) is 0 Å². The smallest absolute Gasteiger partial charge is 0.139 e. The third kappa shape index (κ3) is 3.75. The summed E-state index contributed by atoms with van der Waals surface area (Å²) >= 11 is 9.44. The van der Waals surface area contributed by atoms with Crippen LogP contribution in [-0.2, 0) is 0 Å². The summed E-state index contributed by atoms with van der Waals surface area (Å²) in [5.74, 6) is 0.802. The Morgan fingerprint density at radius 1 is 1.20 bits per heavy atom. The van der Waals surface area contributed by atoms with Gasteiger partial charge in [-0.3, -0.25) is 0 Å². The lowest BCUT2D eigenvalue weighted by molar-refractivity contribution is 0.179. The van der Waals surface area contributed by atoms with E-state index in [1.54, 1.807) is 0 Å². The zero-order valence-electron chi connectivity index (χ0n) is 11.4. The zero-order chi connectivity index (χ0) is 14.7. The van der Waals surface area contributed by atoms with Crippen molar-refractivity contribution in [2.45, 2.75) is 26.0 Å². The Bertz CT molecular complexity index is 601. The average Bonchev–Trinajstić information content (AvgIpc) is 2.37. The third-order valence-electron chi connectivity index (χ3n) is 3.05. The second-order valence-electron chi connectivity index (χ2n) is 4.86. The lowest BCUT2D eigenvalue weighted by Crippen LogP contribution is -2.29. The second-order valence-corrected chi connectivity index (χ2v) is 6.21. The normalized spacial score (nSPS) is 13.8. The number of aryl methyl sites for hydroxylation is 1. The molecule has 106 valence electrons. The lowest BCUT2D eigenvalue weighted by atomic mass is 10.0. The predicted molar refractivity (Wildman–Crippen MR) is 87.3 cm³/mol. The first-order valence-electron chi connectivity index (χ1n) is 6.41. The molecule has 0 saturated carbocycles. The fraction of sp³-hybridized carbons (Fsp3) is 0.250. The number of nitrogens with two attached hydrogens (primary N) is 1. The quantitative estimate of drug-likeness (QED) is 0.849. The van der Waals surface area contributed by atoms with E-state index >= 15 is 0 Å². The minimum atomic E-state index is -0.202. The first-order chi connectivity index (χ1) is 9.47. The monoisotopic (exact) mass is 353 g/mol. The molecule has 0 saturated heterocycles. The molecule has 0 fully saturated rings. The molecule has 0 aromatic heterocycles. The number of benzene rings is 2. The number of ether oxygens (including phenoxy) is 1. The third-order valence-corrected chi connectivity index (χ3v) is 3.77. The Morgan fingerprint density at radius 2 is 1.95 bits per heavy atom. The number of rotatable bonds is 4. The molecule has 0 spiro atoms. The summed E-state index contributed by atoms with van der Waals surface area (Å²) in [4.78, 5) is 0. The Kier molecular flexibility index (Phi) is 5.08. The van der Waals surface area contributed by atoms with Gasteiger partial charge >= 0.3 is 0 Å². The van der Waals surface area contributed by atoms with Crippen molar-refractivity contribution in [2.75, 3.05) is 0 Å². The molecule has 4 heteroatoms. The predicted octanol–water partition coefficient (Wildman–Crippen LogP) is 4.88. The molecule has 2 atom stereocenters. The summed E-state index contributed by atoms with van der Waals surface area (Å²) in [5.41, 5.74) is 8.12. The van der Waals surface area contributed by atoms with Crippen molar-refractivity contribution in [2.24, 2.45) is 5.73 Å². The van der Waals surface area contributed by atoms with E-state index in [2.05, 4.69) is 15.9 Å². The molecular formula is C16H17BrClNO. The number of halogens is 2. The van der Waals surface area contributed by atoms with Gasteiger partial charge in [0.2, 0.25) is 0 Å². The van der Waals surface area contributed by atoms with Gasteiger partial charge in [0.15, 0.2) is 0 Å². The van der Waals surface area contributed by atoms with Gasteiger partial charge in [0.25, 0.3) is 0 Å². The molecule has 20 heavy (non-hydrogen) atoms. The Hall–Kier alpha value is -1.03. The minimum Gasteiger partial charge on any atom is -0.484 e. The van der Waals surface area contributed by atoms with E-state index in [9.17, 15) is 0 Å². The number of hydrogen-bond donors (Lipinski definition) is 1. The van der Waals surface area contributed by atoms with E-state index in [0.29, 0.717) is 5.02 Å². The van der Waals surface area contributed by atoms with Crippen LogP contribution < -0.4 is 10.5 Å². The van der Waals surface area contributed by atoms with E-state index in [1.807, 2.05) is 56.3 Å². The first-order valence-corrected chi connectivity index (χ1v) is 7.58. The largest absolute Gasteiger partial charge is 0.484 e. The molecule has 0 aliphatic rings. The highest BCUT2D eigenvalue weighted by atomic mass is 79.9. The van der Waals surface area contributed by atoms with Gasteiger partial charge in [0.1, 0.15) is 11.9 Å². The van der Waals surface area contributed by atoms with Gasteiger partial charge in [-0.05, 0) is 55.3 Å². The van der Waals surface area contributed by atoms with Crippen LogP contribution in [0.5, 0.6) is 5.75 Å². The Labute approximate surface area is 133 Å². The molecule has 2 aromatic carbocycles. The van der Waals surface area contributed by atoms with Crippen molar-refractivity contribution in [3.63, 3.8) is 0 Å². The topological polar surface area (TPSA) is 35.2 Å².